The Morgan fingerprint density at radius 1 is 0.767 bits per heavy atom. The predicted molar refractivity (Wildman–Crippen MR) is 123 cm³/mol. The van der Waals surface area contributed by atoms with Gasteiger partial charge in [0.05, 0.1) is 19.8 Å². The fraction of sp³-hybridized carbons (Fsp3) is 0.423. The highest BCUT2D eigenvalue weighted by Gasteiger charge is 2.07. The Bertz CT molecular complexity index is 793. The molecule has 0 bridgehead atoms. The molecule has 4 heteroatoms. The molecule has 0 aliphatic rings. The van der Waals surface area contributed by atoms with Gasteiger partial charge in [-0.25, -0.2) is 0 Å². The Morgan fingerprint density at radius 2 is 1.43 bits per heavy atom. The van der Waals surface area contributed by atoms with Crippen LogP contribution in [0.25, 0.3) is 6.08 Å². The van der Waals surface area contributed by atoms with Gasteiger partial charge in [0.2, 0.25) is 0 Å². The molecule has 0 saturated carbocycles. The molecule has 0 spiro atoms. The van der Waals surface area contributed by atoms with Crippen LogP contribution in [0.5, 0.6) is 17.2 Å². The Kier molecular flexibility index (Phi) is 10.6. The number of hydrogen-bond acceptors (Lipinski definition) is 4. The molecule has 0 unspecified atom stereocenters. The molecule has 0 amide bonds. The minimum absolute atomic E-state index is 0.0474. The molecule has 4 nitrogen and oxygen atoms in total. The van der Waals surface area contributed by atoms with Crippen molar-refractivity contribution in [1.29, 1.82) is 0 Å². The number of carbonyl (C=O) groups is 1. The van der Waals surface area contributed by atoms with Gasteiger partial charge in [-0.15, -0.1) is 0 Å². The number of benzene rings is 2. The Balaban J connectivity index is 2.06. The third-order valence-corrected chi connectivity index (χ3v) is 4.52. The number of ketones is 1. The molecular weight excluding hydrogens is 376 g/mol. The van der Waals surface area contributed by atoms with Gasteiger partial charge >= 0.3 is 0 Å². The van der Waals surface area contributed by atoms with Gasteiger partial charge in [0, 0.05) is 5.56 Å². The van der Waals surface area contributed by atoms with Crippen LogP contribution in [0.3, 0.4) is 0 Å². The fourth-order valence-electron chi connectivity index (χ4n) is 2.72. The maximum absolute atomic E-state index is 12.5. The molecule has 0 N–H and O–H groups in total. The van der Waals surface area contributed by atoms with E-state index in [1.54, 1.807) is 18.2 Å². The molecule has 0 aliphatic carbocycles. The Hall–Kier alpha value is -2.75. The summed E-state index contributed by atoms with van der Waals surface area (Å²) in [6, 6.07) is 13.0. The lowest BCUT2D eigenvalue weighted by molar-refractivity contribution is 0.104. The van der Waals surface area contributed by atoms with E-state index in [2.05, 4.69) is 20.8 Å². The van der Waals surface area contributed by atoms with Crippen molar-refractivity contribution in [2.24, 2.45) is 0 Å². The van der Waals surface area contributed by atoms with Crippen molar-refractivity contribution < 1.29 is 19.0 Å². The largest absolute Gasteiger partial charge is 0.494 e. The standard InChI is InChI=1S/C26H34O4/c1-4-7-18-29-25-16-10-21(20-26(25)30-19-8-5-2)9-15-24(27)22-11-13-23(14-12-22)28-17-6-3/h9-16,20H,4-8,17-19H2,1-3H3. The van der Waals surface area contributed by atoms with Crippen LogP contribution < -0.4 is 14.2 Å². The van der Waals surface area contributed by atoms with Crippen LogP contribution in [0, 0.1) is 0 Å². The molecule has 0 aliphatic heterocycles. The molecular formula is C26H34O4. The molecule has 0 aromatic heterocycles. The summed E-state index contributed by atoms with van der Waals surface area (Å²) in [5.41, 5.74) is 1.54. The van der Waals surface area contributed by atoms with Gasteiger partial charge in [0.25, 0.3) is 0 Å². The van der Waals surface area contributed by atoms with Crippen LogP contribution in [0.1, 0.15) is 68.8 Å². The second-order valence-electron chi connectivity index (χ2n) is 7.18. The topological polar surface area (TPSA) is 44.8 Å². The Labute approximate surface area is 180 Å². The number of ether oxygens (including phenoxy) is 3. The number of carbonyl (C=O) groups excluding carboxylic acids is 1. The van der Waals surface area contributed by atoms with E-state index in [1.165, 1.54) is 0 Å². The van der Waals surface area contributed by atoms with Crippen LogP contribution in [-0.4, -0.2) is 25.6 Å². The minimum Gasteiger partial charge on any atom is -0.494 e. The van der Waals surface area contributed by atoms with Crippen molar-refractivity contribution in [2.45, 2.75) is 52.9 Å². The molecule has 0 heterocycles. The first-order valence-corrected chi connectivity index (χ1v) is 11.0. The molecule has 0 atom stereocenters. The van der Waals surface area contributed by atoms with Crippen LogP contribution in [-0.2, 0) is 0 Å². The molecule has 0 fully saturated rings. The van der Waals surface area contributed by atoms with Crippen molar-refractivity contribution in [2.75, 3.05) is 19.8 Å². The van der Waals surface area contributed by atoms with E-state index in [4.69, 9.17) is 14.2 Å². The zero-order valence-corrected chi connectivity index (χ0v) is 18.5. The predicted octanol–water partition coefficient (Wildman–Crippen LogP) is 6.73. The van der Waals surface area contributed by atoms with Gasteiger partial charge in [-0.1, -0.05) is 45.8 Å². The summed E-state index contributed by atoms with van der Waals surface area (Å²) in [7, 11) is 0. The molecule has 162 valence electrons. The lowest BCUT2D eigenvalue weighted by Crippen LogP contribution is -2.02. The van der Waals surface area contributed by atoms with E-state index in [0.717, 1.165) is 54.9 Å². The molecule has 30 heavy (non-hydrogen) atoms. The molecule has 2 aromatic rings. The van der Waals surface area contributed by atoms with E-state index in [0.29, 0.717) is 25.4 Å². The zero-order valence-electron chi connectivity index (χ0n) is 18.5. The molecule has 0 saturated heterocycles. The fourth-order valence-corrected chi connectivity index (χ4v) is 2.72. The first-order valence-electron chi connectivity index (χ1n) is 11.0. The van der Waals surface area contributed by atoms with E-state index >= 15 is 0 Å². The van der Waals surface area contributed by atoms with Crippen molar-refractivity contribution in [1.82, 2.24) is 0 Å². The third-order valence-electron chi connectivity index (χ3n) is 4.52. The first kappa shape index (κ1) is 23.5. The minimum atomic E-state index is -0.0474. The number of allylic oxidation sites excluding steroid dienone is 1. The second kappa shape index (κ2) is 13.5. The smallest absolute Gasteiger partial charge is 0.185 e. The van der Waals surface area contributed by atoms with Gasteiger partial charge in [0.1, 0.15) is 5.75 Å². The van der Waals surface area contributed by atoms with Gasteiger partial charge in [-0.05, 0) is 67.3 Å². The molecule has 0 radical (unpaired) electrons. The summed E-state index contributed by atoms with van der Waals surface area (Å²) in [6.45, 7) is 8.33. The van der Waals surface area contributed by atoms with Gasteiger partial charge in [-0.3, -0.25) is 4.79 Å². The van der Waals surface area contributed by atoms with Crippen molar-refractivity contribution in [3.8, 4) is 17.2 Å². The summed E-state index contributed by atoms with van der Waals surface area (Å²) < 4.78 is 17.4. The average Bonchev–Trinajstić information content (AvgIpc) is 2.78. The van der Waals surface area contributed by atoms with Crippen molar-refractivity contribution >= 4 is 11.9 Å². The SMILES string of the molecule is CCCCOc1ccc(C=CC(=O)c2ccc(OCCC)cc2)cc1OCCCC. The van der Waals surface area contributed by atoms with Crippen molar-refractivity contribution in [3.05, 3.63) is 59.7 Å². The van der Waals surface area contributed by atoms with Crippen LogP contribution in [0.4, 0.5) is 0 Å². The van der Waals surface area contributed by atoms with Gasteiger partial charge in [0.15, 0.2) is 17.3 Å². The number of rotatable bonds is 14. The van der Waals surface area contributed by atoms with Gasteiger partial charge in [-0.2, -0.15) is 0 Å². The van der Waals surface area contributed by atoms with Crippen LogP contribution in [0.2, 0.25) is 0 Å². The summed E-state index contributed by atoms with van der Waals surface area (Å²) >= 11 is 0. The highest BCUT2D eigenvalue weighted by molar-refractivity contribution is 6.06. The lowest BCUT2D eigenvalue weighted by Gasteiger charge is -2.13. The molecule has 2 aromatic carbocycles. The van der Waals surface area contributed by atoms with E-state index in [9.17, 15) is 4.79 Å². The van der Waals surface area contributed by atoms with E-state index in [-0.39, 0.29) is 5.78 Å². The third kappa shape index (κ3) is 7.94. The lowest BCUT2D eigenvalue weighted by atomic mass is 10.1. The quantitative estimate of drug-likeness (QED) is 0.197. The van der Waals surface area contributed by atoms with Crippen LogP contribution in [0.15, 0.2) is 48.5 Å². The maximum Gasteiger partial charge on any atom is 0.185 e. The number of unbranched alkanes of at least 4 members (excludes halogenated alkanes) is 2. The Morgan fingerprint density at radius 3 is 2.07 bits per heavy atom. The number of hydrogen-bond donors (Lipinski definition) is 0. The van der Waals surface area contributed by atoms with Crippen LogP contribution >= 0.6 is 0 Å². The normalized spacial score (nSPS) is 10.9. The second-order valence-corrected chi connectivity index (χ2v) is 7.18. The molecule has 2 rings (SSSR count). The summed E-state index contributed by atoms with van der Waals surface area (Å²) in [6.07, 6.45) is 8.51. The van der Waals surface area contributed by atoms with Crippen molar-refractivity contribution in [3.63, 3.8) is 0 Å². The van der Waals surface area contributed by atoms with Gasteiger partial charge < -0.3 is 14.2 Å². The highest BCUT2D eigenvalue weighted by Crippen LogP contribution is 2.29. The first-order chi connectivity index (χ1) is 14.7. The monoisotopic (exact) mass is 410 g/mol. The maximum atomic E-state index is 12.5. The van der Waals surface area contributed by atoms with E-state index < -0.39 is 0 Å². The zero-order chi connectivity index (χ0) is 21.6. The highest BCUT2D eigenvalue weighted by atomic mass is 16.5. The summed E-state index contributed by atoms with van der Waals surface area (Å²) in [5.74, 6) is 2.22. The summed E-state index contributed by atoms with van der Waals surface area (Å²) in [4.78, 5) is 12.5. The summed E-state index contributed by atoms with van der Waals surface area (Å²) in [5, 5.41) is 0. The average molecular weight is 411 g/mol. The van der Waals surface area contributed by atoms with E-state index in [1.807, 2.05) is 36.4 Å².